The van der Waals surface area contributed by atoms with E-state index in [2.05, 4.69) is 15.3 Å². The number of nitrogens with two attached hydrogens (primary N) is 1. The average molecular weight is 272 g/mol. The number of nitrogens with zero attached hydrogens (tertiary/aromatic N) is 2. The summed E-state index contributed by atoms with van der Waals surface area (Å²) >= 11 is 1.55. The summed E-state index contributed by atoms with van der Waals surface area (Å²) in [5.74, 6) is -2.50. The van der Waals surface area contributed by atoms with Crippen LogP contribution in [0.2, 0.25) is 0 Å². The van der Waals surface area contributed by atoms with Crippen LogP contribution in [0.4, 0.5) is 14.6 Å². The second kappa shape index (κ2) is 5.11. The Hall–Kier alpha value is -1.34. The molecule has 0 atom stereocenters. The highest BCUT2D eigenvalue weighted by Gasteiger charge is 2.26. The van der Waals surface area contributed by atoms with Crippen LogP contribution < -0.4 is 11.1 Å². The van der Waals surface area contributed by atoms with Gasteiger partial charge in [-0.2, -0.15) is 0 Å². The lowest BCUT2D eigenvalue weighted by Gasteiger charge is -2.15. The summed E-state index contributed by atoms with van der Waals surface area (Å²) in [5.41, 5.74) is 4.99. The van der Waals surface area contributed by atoms with Gasteiger partial charge in [0.15, 0.2) is 0 Å². The molecule has 18 heavy (non-hydrogen) atoms. The predicted molar refractivity (Wildman–Crippen MR) is 69.3 cm³/mol. The number of fused-ring (bicyclic) bond motifs is 1. The van der Waals surface area contributed by atoms with Crippen molar-refractivity contribution in [2.45, 2.75) is 19.3 Å². The van der Waals surface area contributed by atoms with Crippen LogP contribution in [-0.2, 0) is 6.42 Å². The van der Waals surface area contributed by atoms with Gasteiger partial charge in [-0.15, -0.1) is 11.3 Å². The van der Waals surface area contributed by atoms with Gasteiger partial charge < -0.3 is 11.1 Å². The van der Waals surface area contributed by atoms with Gasteiger partial charge >= 0.3 is 0 Å². The summed E-state index contributed by atoms with van der Waals surface area (Å²) in [6.45, 7) is 0.832. The van der Waals surface area contributed by atoms with Gasteiger partial charge in [-0.1, -0.05) is 6.92 Å². The lowest BCUT2D eigenvalue weighted by molar-refractivity contribution is 0.0253. The third kappa shape index (κ3) is 2.73. The highest BCUT2D eigenvalue weighted by molar-refractivity contribution is 7.18. The molecule has 0 fully saturated rings. The number of aromatic nitrogens is 2. The van der Waals surface area contributed by atoms with Crippen molar-refractivity contribution in [3.05, 3.63) is 17.3 Å². The van der Waals surface area contributed by atoms with E-state index in [9.17, 15) is 8.78 Å². The summed E-state index contributed by atoms with van der Waals surface area (Å²) in [7, 11) is 0. The van der Waals surface area contributed by atoms with E-state index in [4.69, 9.17) is 5.73 Å². The fourth-order valence-corrected chi connectivity index (χ4v) is 2.44. The summed E-state index contributed by atoms with van der Waals surface area (Å²) in [6.07, 6.45) is 2.26. The maximum Gasteiger partial charge on any atom is 0.276 e. The van der Waals surface area contributed by atoms with Crippen LogP contribution in [0, 0.1) is 0 Å². The lowest BCUT2D eigenvalue weighted by atomic mass is 10.3. The summed E-state index contributed by atoms with van der Waals surface area (Å²) in [5, 5.41) is 3.43. The molecule has 0 aliphatic rings. The van der Waals surface area contributed by atoms with Gasteiger partial charge in [0, 0.05) is 4.88 Å². The first-order chi connectivity index (χ1) is 8.55. The molecule has 2 aromatic heterocycles. The van der Waals surface area contributed by atoms with Gasteiger partial charge in [0.1, 0.15) is 17.0 Å². The molecule has 3 N–H and O–H groups in total. The third-order valence-electron chi connectivity index (χ3n) is 2.54. The number of rotatable bonds is 5. The average Bonchev–Trinajstić information content (AvgIpc) is 2.80. The standard InChI is InChI=1S/C11H14F2N4S/c1-2-7-3-8-9(15-5-11(12,13)4-14)16-6-17-10(8)18-7/h3,6H,2,4-5,14H2,1H3,(H,15,16,17). The molecule has 0 bridgehead atoms. The minimum atomic E-state index is -2.93. The number of anilines is 1. The molecule has 4 nitrogen and oxygen atoms in total. The predicted octanol–water partition coefficient (Wildman–Crippen LogP) is 2.26. The zero-order chi connectivity index (χ0) is 13.2. The van der Waals surface area contributed by atoms with E-state index >= 15 is 0 Å². The lowest BCUT2D eigenvalue weighted by Crippen LogP contribution is -2.35. The van der Waals surface area contributed by atoms with Crippen molar-refractivity contribution in [1.29, 1.82) is 0 Å². The number of alkyl halides is 2. The van der Waals surface area contributed by atoms with Crippen LogP contribution in [-0.4, -0.2) is 29.0 Å². The third-order valence-corrected chi connectivity index (χ3v) is 3.73. The number of nitrogens with one attached hydrogen (secondary N) is 1. The number of hydrogen-bond donors (Lipinski definition) is 2. The molecule has 2 rings (SSSR count). The molecule has 0 amide bonds. The number of hydrogen-bond acceptors (Lipinski definition) is 5. The Morgan fingerprint density at radius 3 is 2.89 bits per heavy atom. The smallest absolute Gasteiger partial charge is 0.276 e. The van der Waals surface area contributed by atoms with Gasteiger partial charge in [0.25, 0.3) is 5.92 Å². The largest absolute Gasteiger partial charge is 0.363 e. The van der Waals surface area contributed by atoms with E-state index < -0.39 is 19.0 Å². The van der Waals surface area contributed by atoms with Crippen molar-refractivity contribution in [1.82, 2.24) is 9.97 Å². The SMILES string of the molecule is CCc1cc2c(NCC(F)(F)CN)ncnc2s1. The van der Waals surface area contributed by atoms with Crippen molar-refractivity contribution in [3.63, 3.8) is 0 Å². The molecule has 0 unspecified atom stereocenters. The fourth-order valence-electron chi connectivity index (χ4n) is 1.51. The molecule has 98 valence electrons. The maximum absolute atomic E-state index is 13.1. The van der Waals surface area contributed by atoms with E-state index in [0.717, 1.165) is 21.5 Å². The second-order valence-corrected chi connectivity index (χ2v) is 5.04. The van der Waals surface area contributed by atoms with Crippen LogP contribution in [0.25, 0.3) is 10.2 Å². The van der Waals surface area contributed by atoms with E-state index in [1.807, 2.05) is 13.0 Å². The first kappa shape index (κ1) is 13.1. The van der Waals surface area contributed by atoms with Crippen LogP contribution in [0.1, 0.15) is 11.8 Å². The minimum Gasteiger partial charge on any atom is -0.363 e. The number of halogens is 2. The minimum absolute atomic E-state index is 0.434. The molecule has 7 heteroatoms. The summed E-state index contributed by atoms with van der Waals surface area (Å²) in [4.78, 5) is 10.1. The molecule has 0 saturated heterocycles. The number of aryl methyl sites for hydroxylation is 1. The Kier molecular flexibility index (Phi) is 3.72. The molecule has 0 aliphatic heterocycles. The molecule has 0 aromatic carbocycles. The fraction of sp³-hybridized carbons (Fsp3) is 0.455. The Morgan fingerprint density at radius 2 is 2.22 bits per heavy atom. The van der Waals surface area contributed by atoms with Crippen molar-refractivity contribution in [2.75, 3.05) is 18.4 Å². The van der Waals surface area contributed by atoms with Gasteiger partial charge in [0.2, 0.25) is 0 Å². The van der Waals surface area contributed by atoms with Crippen molar-refractivity contribution >= 4 is 27.4 Å². The van der Waals surface area contributed by atoms with Gasteiger partial charge in [-0.3, -0.25) is 0 Å². The molecule has 0 aliphatic carbocycles. The molecular weight excluding hydrogens is 258 g/mol. The van der Waals surface area contributed by atoms with Gasteiger partial charge in [-0.05, 0) is 12.5 Å². The second-order valence-electron chi connectivity index (χ2n) is 3.92. The molecule has 0 radical (unpaired) electrons. The van der Waals surface area contributed by atoms with E-state index in [0.29, 0.717) is 5.82 Å². The summed E-state index contributed by atoms with van der Waals surface area (Å²) < 4.78 is 26.2. The van der Waals surface area contributed by atoms with E-state index in [1.54, 1.807) is 11.3 Å². The Morgan fingerprint density at radius 1 is 1.44 bits per heavy atom. The molecule has 0 spiro atoms. The monoisotopic (exact) mass is 272 g/mol. The Bertz CT molecular complexity index is 541. The van der Waals surface area contributed by atoms with Crippen molar-refractivity contribution in [3.8, 4) is 0 Å². The first-order valence-electron chi connectivity index (χ1n) is 5.61. The topological polar surface area (TPSA) is 63.8 Å². The van der Waals surface area contributed by atoms with Gasteiger partial charge in [0.05, 0.1) is 18.5 Å². The van der Waals surface area contributed by atoms with Gasteiger partial charge in [-0.25, -0.2) is 18.7 Å². The van der Waals surface area contributed by atoms with Crippen LogP contribution in [0.15, 0.2) is 12.4 Å². The Balaban J connectivity index is 2.25. The quantitative estimate of drug-likeness (QED) is 0.876. The molecular formula is C11H14F2N4S. The Labute approximate surface area is 107 Å². The molecule has 2 heterocycles. The highest BCUT2D eigenvalue weighted by atomic mass is 32.1. The summed E-state index contributed by atoms with van der Waals surface area (Å²) in [6, 6.07) is 1.93. The molecule has 0 saturated carbocycles. The normalized spacial score (nSPS) is 12.0. The van der Waals surface area contributed by atoms with E-state index in [-0.39, 0.29) is 0 Å². The van der Waals surface area contributed by atoms with Crippen molar-refractivity contribution < 1.29 is 8.78 Å². The van der Waals surface area contributed by atoms with Crippen LogP contribution in [0.5, 0.6) is 0 Å². The van der Waals surface area contributed by atoms with Crippen LogP contribution in [0.3, 0.4) is 0 Å². The molecule has 2 aromatic rings. The number of thiophene rings is 1. The zero-order valence-corrected chi connectivity index (χ0v) is 10.7. The van der Waals surface area contributed by atoms with Crippen LogP contribution >= 0.6 is 11.3 Å². The maximum atomic E-state index is 13.1. The zero-order valence-electron chi connectivity index (χ0n) is 9.91. The highest BCUT2D eigenvalue weighted by Crippen LogP contribution is 2.28. The van der Waals surface area contributed by atoms with E-state index in [1.165, 1.54) is 6.33 Å². The first-order valence-corrected chi connectivity index (χ1v) is 6.42. The van der Waals surface area contributed by atoms with Crippen molar-refractivity contribution in [2.24, 2.45) is 5.73 Å².